The molecule has 0 radical (unpaired) electrons. The molecule has 2 nitrogen and oxygen atoms in total. The minimum atomic E-state index is -4.05. The molecule has 120 valence electrons. The Balaban J connectivity index is 2.31. The molecule has 0 bridgehead atoms. The van der Waals surface area contributed by atoms with Crippen molar-refractivity contribution in [2.24, 2.45) is 5.92 Å². The monoisotopic (exact) mass is 299 g/mol. The molecule has 0 saturated heterocycles. The zero-order valence-corrected chi connectivity index (χ0v) is 12.0. The fourth-order valence-corrected chi connectivity index (χ4v) is 2.61. The van der Waals surface area contributed by atoms with Gasteiger partial charge >= 0.3 is 12.3 Å². The normalized spacial score (nSPS) is 18.9. The van der Waals surface area contributed by atoms with Crippen molar-refractivity contribution in [3.8, 4) is 0 Å². The lowest BCUT2D eigenvalue weighted by molar-refractivity contribution is -0.167. The average molecular weight is 299 g/mol. The zero-order valence-electron chi connectivity index (χ0n) is 12.0. The number of alkyl halides is 4. The highest BCUT2D eigenvalue weighted by atomic mass is 19.3. The van der Waals surface area contributed by atoms with E-state index in [4.69, 9.17) is 4.74 Å². The molecule has 20 heavy (non-hydrogen) atoms. The number of halogens is 4. The van der Waals surface area contributed by atoms with Crippen LogP contribution in [-0.2, 0) is 4.74 Å². The molecule has 0 heterocycles. The fraction of sp³-hybridized carbons (Fsp3) is 1.00. The Hall–Kier alpha value is -0.360. The molecule has 0 aliphatic heterocycles. The molecule has 1 rings (SSSR count). The maximum Gasteiger partial charge on any atom is 0.330 e. The minimum absolute atomic E-state index is 0.0217. The summed E-state index contributed by atoms with van der Waals surface area (Å²) in [5.41, 5.74) is 0. The lowest BCUT2D eigenvalue weighted by Gasteiger charge is -2.23. The van der Waals surface area contributed by atoms with Crippen molar-refractivity contribution in [2.45, 2.75) is 63.8 Å². The number of nitrogens with one attached hydrogen (secondary N) is 1. The molecule has 0 spiro atoms. The van der Waals surface area contributed by atoms with Crippen molar-refractivity contribution in [1.29, 1.82) is 0 Å². The van der Waals surface area contributed by atoms with Crippen molar-refractivity contribution in [3.05, 3.63) is 0 Å². The molecule has 0 aromatic heterocycles. The van der Waals surface area contributed by atoms with E-state index < -0.39 is 19.0 Å². The van der Waals surface area contributed by atoms with Gasteiger partial charge in [-0.2, -0.15) is 8.78 Å². The molecule has 1 atom stereocenters. The summed E-state index contributed by atoms with van der Waals surface area (Å²) in [6.45, 7) is 1.66. The summed E-state index contributed by atoms with van der Waals surface area (Å²) in [5.74, 6) is -3.45. The van der Waals surface area contributed by atoms with Gasteiger partial charge in [-0.25, -0.2) is 8.78 Å². The Morgan fingerprint density at radius 1 is 1.25 bits per heavy atom. The lowest BCUT2D eigenvalue weighted by atomic mass is 9.99. The Labute approximate surface area is 118 Å². The highest BCUT2D eigenvalue weighted by molar-refractivity contribution is 4.76. The van der Waals surface area contributed by atoms with Gasteiger partial charge < -0.3 is 10.1 Å². The van der Waals surface area contributed by atoms with Gasteiger partial charge in [0.2, 0.25) is 0 Å². The molecule has 0 aromatic carbocycles. The fourth-order valence-electron chi connectivity index (χ4n) is 2.61. The predicted molar refractivity (Wildman–Crippen MR) is 70.4 cm³/mol. The molecule has 0 amide bonds. The average Bonchev–Trinajstić information content (AvgIpc) is 2.88. The summed E-state index contributed by atoms with van der Waals surface area (Å²) >= 11 is 0. The van der Waals surface area contributed by atoms with Crippen molar-refractivity contribution in [3.63, 3.8) is 0 Å². The topological polar surface area (TPSA) is 21.3 Å². The lowest BCUT2D eigenvalue weighted by Crippen LogP contribution is -2.39. The van der Waals surface area contributed by atoms with Crippen LogP contribution < -0.4 is 5.32 Å². The van der Waals surface area contributed by atoms with E-state index in [9.17, 15) is 17.6 Å². The molecule has 6 heteroatoms. The van der Waals surface area contributed by atoms with Crippen molar-refractivity contribution >= 4 is 0 Å². The van der Waals surface area contributed by atoms with E-state index in [1.807, 2.05) is 6.92 Å². The summed E-state index contributed by atoms with van der Waals surface area (Å²) in [6, 6.07) is -0.0217. The van der Waals surface area contributed by atoms with Crippen LogP contribution in [0.1, 0.15) is 45.4 Å². The molecule has 1 unspecified atom stereocenters. The van der Waals surface area contributed by atoms with Crippen molar-refractivity contribution in [2.75, 3.05) is 19.8 Å². The molecular formula is C14H25F4NO. The van der Waals surface area contributed by atoms with Crippen LogP contribution >= 0.6 is 0 Å². The Morgan fingerprint density at radius 2 is 1.90 bits per heavy atom. The van der Waals surface area contributed by atoms with E-state index in [1.165, 1.54) is 12.8 Å². The van der Waals surface area contributed by atoms with Crippen molar-refractivity contribution < 1.29 is 22.3 Å². The second kappa shape index (κ2) is 8.82. The molecule has 1 saturated carbocycles. The third-order valence-electron chi connectivity index (χ3n) is 3.71. The molecule has 1 aliphatic rings. The SMILES string of the molecule is CCCNC(COCC(F)(F)C(F)F)CC1CCCC1. The number of hydrogen-bond acceptors (Lipinski definition) is 2. The van der Waals surface area contributed by atoms with Gasteiger partial charge in [0.25, 0.3) is 0 Å². The van der Waals surface area contributed by atoms with E-state index in [0.717, 1.165) is 32.2 Å². The van der Waals surface area contributed by atoms with E-state index in [0.29, 0.717) is 5.92 Å². The molecule has 1 N–H and O–H groups in total. The van der Waals surface area contributed by atoms with E-state index in [1.54, 1.807) is 0 Å². The van der Waals surface area contributed by atoms with Crippen molar-refractivity contribution in [1.82, 2.24) is 5.32 Å². The largest absolute Gasteiger partial charge is 0.373 e. The van der Waals surface area contributed by atoms with Crippen LogP contribution in [-0.4, -0.2) is 38.1 Å². The number of rotatable bonds is 10. The van der Waals surface area contributed by atoms with Crippen LogP contribution in [0.15, 0.2) is 0 Å². The van der Waals surface area contributed by atoms with Gasteiger partial charge in [0.05, 0.1) is 6.61 Å². The highest BCUT2D eigenvalue weighted by Crippen LogP contribution is 2.29. The molecule has 1 aliphatic carbocycles. The van der Waals surface area contributed by atoms with E-state index >= 15 is 0 Å². The zero-order chi connectivity index (χ0) is 15.0. The van der Waals surface area contributed by atoms with Gasteiger partial charge in [-0.05, 0) is 25.3 Å². The maximum atomic E-state index is 12.8. The number of hydrogen-bond donors (Lipinski definition) is 1. The van der Waals surface area contributed by atoms with E-state index in [-0.39, 0.29) is 12.6 Å². The maximum absolute atomic E-state index is 12.8. The highest BCUT2D eigenvalue weighted by Gasteiger charge is 2.41. The summed E-state index contributed by atoms with van der Waals surface area (Å²) in [7, 11) is 0. The Bertz CT molecular complexity index is 258. The first kappa shape index (κ1) is 17.7. The van der Waals surface area contributed by atoms with Crippen LogP contribution in [0.5, 0.6) is 0 Å². The van der Waals surface area contributed by atoms with Gasteiger partial charge in [0, 0.05) is 6.04 Å². The Morgan fingerprint density at radius 3 is 2.45 bits per heavy atom. The van der Waals surface area contributed by atoms with E-state index in [2.05, 4.69) is 5.32 Å². The van der Waals surface area contributed by atoms with Gasteiger partial charge in [-0.15, -0.1) is 0 Å². The molecular weight excluding hydrogens is 274 g/mol. The summed E-state index contributed by atoms with van der Waals surface area (Å²) < 4.78 is 54.4. The van der Waals surface area contributed by atoms with Gasteiger partial charge in [0.15, 0.2) is 0 Å². The standard InChI is InChI=1S/C14H25F4NO/c1-2-7-19-12(8-11-5-3-4-6-11)9-20-10-14(17,18)13(15)16/h11-13,19H,2-10H2,1H3. The summed E-state index contributed by atoms with van der Waals surface area (Å²) in [4.78, 5) is 0. The Kier molecular flexibility index (Phi) is 7.80. The van der Waals surface area contributed by atoms with Gasteiger partial charge in [0.1, 0.15) is 6.61 Å². The van der Waals surface area contributed by atoms with Crippen LogP contribution in [0.3, 0.4) is 0 Å². The van der Waals surface area contributed by atoms with Gasteiger partial charge in [-0.1, -0.05) is 32.6 Å². The predicted octanol–water partition coefficient (Wildman–Crippen LogP) is 3.85. The van der Waals surface area contributed by atoms with Crippen LogP contribution in [0, 0.1) is 5.92 Å². The first-order chi connectivity index (χ1) is 9.45. The molecule has 1 fully saturated rings. The third kappa shape index (κ3) is 6.39. The summed E-state index contributed by atoms with van der Waals surface area (Å²) in [6.07, 6.45) is 2.91. The second-order valence-corrected chi connectivity index (χ2v) is 5.61. The summed E-state index contributed by atoms with van der Waals surface area (Å²) in [5, 5.41) is 3.25. The minimum Gasteiger partial charge on any atom is -0.373 e. The van der Waals surface area contributed by atoms with Crippen LogP contribution in [0.4, 0.5) is 17.6 Å². The second-order valence-electron chi connectivity index (χ2n) is 5.61. The first-order valence-corrected chi connectivity index (χ1v) is 7.42. The van der Waals surface area contributed by atoms with Gasteiger partial charge in [-0.3, -0.25) is 0 Å². The van der Waals surface area contributed by atoms with Crippen LogP contribution in [0.2, 0.25) is 0 Å². The smallest absolute Gasteiger partial charge is 0.330 e. The quantitative estimate of drug-likeness (QED) is 0.619. The first-order valence-electron chi connectivity index (χ1n) is 7.42. The third-order valence-corrected chi connectivity index (χ3v) is 3.71. The molecule has 0 aromatic rings. The van der Waals surface area contributed by atoms with Crippen LogP contribution in [0.25, 0.3) is 0 Å². The number of ether oxygens (including phenoxy) is 1.